The van der Waals surface area contributed by atoms with Crippen molar-refractivity contribution in [1.29, 1.82) is 0 Å². The van der Waals surface area contributed by atoms with Gasteiger partial charge in [-0.25, -0.2) is 0 Å². The Morgan fingerprint density at radius 3 is 2.67 bits per heavy atom. The molecule has 1 saturated carbocycles. The minimum Gasteiger partial charge on any atom is -0.490 e. The van der Waals surface area contributed by atoms with Crippen LogP contribution in [0.5, 0.6) is 5.75 Å². The topological polar surface area (TPSA) is 113 Å². The van der Waals surface area contributed by atoms with Crippen molar-refractivity contribution in [2.24, 2.45) is 11.8 Å². The number of aliphatic carboxylic acids is 1. The van der Waals surface area contributed by atoms with Crippen LogP contribution in [0, 0.1) is 11.8 Å². The zero-order chi connectivity index (χ0) is 22.6. The molecule has 0 radical (unpaired) electrons. The molecule has 8 nitrogen and oxygen atoms in total. The highest BCUT2D eigenvalue weighted by Crippen LogP contribution is 2.39. The summed E-state index contributed by atoms with van der Waals surface area (Å²) >= 11 is 0. The Balaban J connectivity index is 1.32. The Morgan fingerprint density at radius 1 is 1.03 bits per heavy atom. The average Bonchev–Trinajstić information content (AvgIpc) is 3.38. The van der Waals surface area contributed by atoms with E-state index in [0.717, 1.165) is 50.0 Å². The van der Waals surface area contributed by atoms with Crippen molar-refractivity contribution in [2.75, 3.05) is 6.54 Å². The molecular weight excluding hydrogens is 418 g/mol. The number of nitrogens with zero attached hydrogens (tertiary/aromatic N) is 3. The summed E-state index contributed by atoms with van der Waals surface area (Å²) in [7, 11) is 0. The molecule has 172 valence electrons. The first kappa shape index (κ1) is 21.6. The van der Waals surface area contributed by atoms with Crippen LogP contribution < -0.4 is 10.1 Å². The fourth-order valence-corrected chi connectivity index (χ4v) is 5.21. The van der Waals surface area contributed by atoms with Crippen molar-refractivity contribution in [1.82, 2.24) is 25.9 Å². The minimum absolute atomic E-state index is 0.0498. The number of carboxylic acid groups (broad SMARTS) is 1. The molecule has 4 atom stereocenters. The lowest BCUT2D eigenvalue weighted by molar-refractivity contribution is -0.141. The number of ether oxygens (including phenoxy) is 1. The summed E-state index contributed by atoms with van der Waals surface area (Å²) < 4.78 is 6.56. The van der Waals surface area contributed by atoms with E-state index in [2.05, 4.69) is 62.3 Å². The number of nitrogens with one attached hydrogen (secondary N) is 2. The second kappa shape index (κ2) is 9.70. The summed E-state index contributed by atoms with van der Waals surface area (Å²) in [5.74, 6) is 1.41. The van der Waals surface area contributed by atoms with Crippen LogP contribution in [0.3, 0.4) is 0 Å². The highest BCUT2D eigenvalue weighted by Gasteiger charge is 2.38. The van der Waals surface area contributed by atoms with Crippen molar-refractivity contribution in [2.45, 2.75) is 50.7 Å². The second-order valence-electron chi connectivity index (χ2n) is 9.16. The van der Waals surface area contributed by atoms with Crippen LogP contribution in [0.2, 0.25) is 0 Å². The number of piperidine rings is 1. The van der Waals surface area contributed by atoms with Gasteiger partial charge in [-0.2, -0.15) is 5.21 Å². The quantitative estimate of drug-likeness (QED) is 0.509. The van der Waals surface area contributed by atoms with Gasteiger partial charge in [0, 0.05) is 0 Å². The van der Waals surface area contributed by atoms with Gasteiger partial charge < -0.3 is 15.2 Å². The van der Waals surface area contributed by atoms with Gasteiger partial charge in [0.1, 0.15) is 11.8 Å². The van der Waals surface area contributed by atoms with E-state index in [4.69, 9.17) is 4.74 Å². The largest absolute Gasteiger partial charge is 0.490 e. The predicted octanol–water partition coefficient (Wildman–Crippen LogP) is 3.26. The highest BCUT2D eigenvalue weighted by molar-refractivity contribution is 5.73. The monoisotopic (exact) mass is 447 g/mol. The average molecular weight is 448 g/mol. The lowest BCUT2D eigenvalue weighted by atomic mass is 9.72. The van der Waals surface area contributed by atoms with Gasteiger partial charge in [-0.15, -0.1) is 10.2 Å². The molecule has 8 heteroatoms. The van der Waals surface area contributed by atoms with E-state index < -0.39 is 12.0 Å². The number of H-pyrrole nitrogens is 1. The van der Waals surface area contributed by atoms with E-state index in [0.29, 0.717) is 24.1 Å². The Morgan fingerprint density at radius 2 is 1.88 bits per heavy atom. The number of benzene rings is 2. The molecule has 2 aliphatic rings. The van der Waals surface area contributed by atoms with Crippen molar-refractivity contribution in [3.05, 3.63) is 59.7 Å². The number of tetrazole rings is 1. The maximum Gasteiger partial charge on any atom is 0.320 e. The maximum atomic E-state index is 11.5. The molecule has 1 aromatic heterocycles. The van der Waals surface area contributed by atoms with Crippen LogP contribution in [0.25, 0.3) is 11.4 Å². The fraction of sp³-hybridized carbons (Fsp3) is 0.440. The summed E-state index contributed by atoms with van der Waals surface area (Å²) in [5.41, 5.74) is 3.32. The molecule has 1 aliphatic carbocycles. The van der Waals surface area contributed by atoms with Gasteiger partial charge in [-0.3, -0.25) is 4.79 Å². The third-order valence-corrected chi connectivity index (χ3v) is 7.03. The summed E-state index contributed by atoms with van der Waals surface area (Å²) in [5, 5.41) is 27.1. The number of carboxylic acids is 1. The molecule has 0 unspecified atom stereocenters. The van der Waals surface area contributed by atoms with E-state index >= 15 is 0 Å². The third kappa shape index (κ3) is 5.06. The minimum atomic E-state index is -0.762. The number of hydrogen-bond acceptors (Lipinski definition) is 6. The molecule has 0 amide bonds. The number of hydrogen-bond donors (Lipinski definition) is 3. The first-order chi connectivity index (χ1) is 16.2. The number of aromatic nitrogens is 4. The van der Waals surface area contributed by atoms with Crippen LogP contribution in [0.1, 0.15) is 36.8 Å². The normalized spacial score (nSPS) is 24.7. The molecule has 1 saturated heterocycles. The molecule has 2 fully saturated rings. The molecular formula is C25H29N5O3. The summed E-state index contributed by atoms with van der Waals surface area (Å²) in [6.07, 6.45) is 5.45. The second-order valence-corrected chi connectivity index (χ2v) is 9.16. The number of aryl methyl sites for hydroxylation is 2. The molecule has 1 aliphatic heterocycles. The van der Waals surface area contributed by atoms with E-state index in [1.807, 2.05) is 12.1 Å². The zero-order valence-corrected chi connectivity index (χ0v) is 18.5. The van der Waals surface area contributed by atoms with Crippen LogP contribution in [-0.4, -0.2) is 50.4 Å². The van der Waals surface area contributed by atoms with Gasteiger partial charge >= 0.3 is 5.97 Å². The van der Waals surface area contributed by atoms with Crippen molar-refractivity contribution >= 4 is 5.97 Å². The van der Waals surface area contributed by atoms with E-state index in [1.54, 1.807) is 0 Å². The molecule has 0 spiro atoms. The molecule has 2 aromatic carbocycles. The smallest absolute Gasteiger partial charge is 0.320 e. The number of aromatic amines is 1. The molecule has 2 heterocycles. The Labute approximate surface area is 192 Å². The fourth-order valence-electron chi connectivity index (χ4n) is 5.21. The lowest BCUT2D eigenvalue weighted by Crippen LogP contribution is -2.50. The number of carbonyl (C=O) groups is 1. The molecule has 0 bridgehead atoms. The summed E-state index contributed by atoms with van der Waals surface area (Å²) in [6.45, 7) is 0.775. The van der Waals surface area contributed by atoms with Gasteiger partial charge in [0.15, 0.2) is 0 Å². The summed E-state index contributed by atoms with van der Waals surface area (Å²) in [6, 6.07) is 16.2. The van der Waals surface area contributed by atoms with Crippen LogP contribution in [0.4, 0.5) is 0 Å². The number of rotatable bonds is 7. The first-order valence-corrected chi connectivity index (χ1v) is 11.7. The predicted molar refractivity (Wildman–Crippen MR) is 123 cm³/mol. The van der Waals surface area contributed by atoms with Crippen molar-refractivity contribution < 1.29 is 14.6 Å². The highest BCUT2D eigenvalue weighted by atomic mass is 16.5. The Kier molecular flexibility index (Phi) is 6.35. The molecule has 5 rings (SSSR count). The lowest BCUT2D eigenvalue weighted by Gasteiger charge is -2.41. The van der Waals surface area contributed by atoms with E-state index in [1.165, 1.54) is 11.1 Å². The van der Waals surface area contributed by atoms with E-state index in [9.17, 15) is 9.90 Å². The standard InChI is InChI=1S/C25H29N5O3/c31-25(32)22-14-19-13-20(10-9-18(19)15-26-22)33-23-12-17(7-6-16-4-2-1-3-5-16)8-11-21(23)24-27-29-30-28-24/h1-5,8,11-12,18-20,22,26H,6-7,9-10,13-15H2,(H,31,32)(H,27,28,29,30)/t18-,19+,20-,22-/m0/s1. The first-order valence-electron chi connectivity index (χ1n) is 11.7. The summed E-state index contributed by atoms with van der Waals surface area (Å²) in [4.78, 5) is 11.5. The van der Waals surface area contributed by atoms with Crippen molar-refractivity contribution in [3.8, 4) is 17.1 Å². The van der Waals surface area contributed by atoms with Crippen LogP contribution >= 0.6 is 0 Å². The van der Waals surface area contributed by atoms with Gasteiger partial charge in [0.25, 0.3) is 0 Å². The van der Waals surface area contributed by atoms with Gasteiger partial charge in [0.2, 0.25) is 5.82 Å². The van der Waals surface area contributed by atoms with Gasteiger partial charge in [0.05, 0.1) is 11.7 Å². The van der Waals surface area contributed by atoms with Gasteiger partial charge in [-0.05, 0) is 85.4 Å². The Hall–Kier alpha value is -3.26. The SMILES string of the molecule is O=C(O)[C@@H]1C[C@H]2C[C@@H](Oc3cc(CCc4ccccc4)ccc3-c3nn[nH]n3)CC[C@H]2CN1. The molecule has 3 N–H and O–H groups in total. The Bertz CT molecular complexity index is 1070. The molecule has 33 heavy (non-hydrogen) atoms. The molecule has 3 aromatic rings. The van der Waals surface area contributed by atoms with Crippen LogP contribution in [-0.2, 0) is 17.6 Å². The van der Waals surface area contributed by atoms with Gasteiger partial charge in [-0.1, -0.05) is 36.4 Å². The zero-order valence-electron chi connectivity index (χ0n) is 18.5. The number of fused-ring (bicyclic) bond motifs is 1. The third-order valence-electron chi connectivity index (χ3n) is 7.03. The van der Waals surface area contributed by atoms with Crippen LogP contribution in [0.15, 0.2) is 48.5 Å². The van der Waals surface area contributed by atoms with Crippen molar-refractivity contribution in [3.63, 3.8) is 0 Å². The maximum absolute atomic E-state index is 11.5. The van der Waals surface area contributed by atoms with E-state index in [-0.39, 0.29) is 6.10 Å².